The van der Waals surface area contributed by atoms with E-state index in [9.17, 15) is 18.4 Å². The molecule has 0 bridgehead atoms. The smallest absolute Gasteiger partial charge is 0.352 e. The minimum atomic E-state index is -0.812. The summed E-state index contributed by atoms with van der Waals surface area (Å²) in [4.78, 5) is 26.6. The first-order valence-electron chi connectivity index (χ1n) is 10.5. The van der Waals surface area contributed by atoms with Gasteiger partial charge in [0.05, 0.1) is 19.3 Å². The fourth-order valence-electron chi connectivity index (χ4n) is 3.63. The van der Waals surface area contributed by atoms with Gasteiger partial charge in [-0.25, -0.2) is 22.8 Å². The van der Waals surface area contributed by atoms with Gasteiger partial charge >= 0.3 is 5.69 Å². The third kappa shape index (κ3) is 4.65. The summed E-state index contributed by atoms with van der Waals surface area (Å²) in [5.74, 6) is -1.20. The van der Waals surface area contributed by atoms with Crippen molar-refractivity contribution in [2.24, 2.45) is 5.73 Å². The molecule has 1 heterocycles. The second-order valence-corrected chi connectivity index (χ2v) is 7.65. The van der Waals surface area contributed by atoms with Crippen molar-refractivity contribution in [1.29, 1.82) is 0 Å². The Morgan fingerprint density at radius 1 is 0.971 bits per heavy atom. The highest BCUT2D eigenvalue weighted by Gasteiger charge is 2.20. The lowest BCUT2D eigenvalue weighted by Crippen LogP contribution is -2.44. The number of rotatable bonds is 7. The van der Waals surface area contributed by atoms with Gasteiger partial charge in [-0.2, -0.15) is 5.10 Å². The molecule has 174 valence electrons. The van der Waals surface area contributed by atoms with Crippen LogP contribution in [0.3, 0.4) is 0 Å². The molecule has 0 amide bonds. The van der Waals surface area contributed by atoms with E-state index in [-0.39, 0.29) is 23.5 Å². The van der Waals surface area contributed by atoms with Crippen LogP contribution in [0.4, 0.5) is 8.78 Å². The summed E-state index contributed by atoms with van der Waals surface area (Å²) in [5.41, 5.74) is 5.24. The van der Waals surface area contributed by atoms with Crippen LogP contribution >= 0.6 is 0 Å². The van der Waals surface area contributed by atoms with Crippen molar-refractivity contribution in [3.63, 3.8) is 0 Å². The Balaban J connectivity index is 1.88. The zero-order chi connectivity index (χ0) is 24.2. The average molecular weight is 464 g/mol. The molecule has 4 aromatic rings. The molecule has 4 rings (SSSR count). The van der Waals surface area contributed by atoms with Crippen molar-refractivity contribution >= 4 is 0 Å². The first-order chi connectivity index (χ1) is 16.4. The number of nitrogens with zero attached hydrogens (tertiary/aromatic N) is 3. The average Bonchev–Trinajstić information content (AvgIpc) is 2.85. The van der Waals surface area contributed by atoms with Gasteiger partial charge in [0.15, 0.2) is 0 Å². The molecule has 0 aliphatic carbocycles. The zero-order valence-corrected chi connectivity index (χ0v) is 18.3. The van der Waals surface area contributed by atoms with E-state index < -0.39 is 35.3 Å². The van der Waals surface area contributed by atoms with E-state index in [1.165, 1.54) is 19.2 Å². The van der Waals surface area contributed by atoms with E-state index in [0.717, 1.165) is 26.9 Å². The minimum Gasteiger partial charge on any atom is -0.497 e. The van der Waals surface area contributed by atoms with Crippen molar-refractivity contribution in [3.8, 4) is 11.4 Å². The van der Waals surface area contributed by atoms with E-state index in [4.69, 9.17) is 10.5 Å². The third-order valence-corrected chi connectivity index (χ3v) is 5.42. The fraction of sp³-hybridized carbons (Fsp3) is 0.160. The normalized spacial score (nSPS) is 11.9. The lowest BCUT2D eigenvalue weighted by molar-refractivity contribution is 0.414. The van der Waals surface area contributed by atoms with Crippen LogP contribution in [-0.2, 0) is 13.0 Å². The first kappa shape index (κ1) is 23.1. The highest BCUT2D eigenvalue weighted by atomic mass is 19.1. The Kier molecular flexibility index (Phi) is 6.65. The van der Waals surface area contributed by atoms with Gasteiger partial charge < -0.3 is 10.5 Å². The van der Waals surface area contributed by atoms with Crippen LogP contribution in [0.1, 0.15) is 22.9 Å². The van der Waals surface area contributed by atoms with Crippen molar-refractivity contribution in [2.75, 3.05) is 7.11 Å². The molecule has 1 aromatic heterocycles. The van der Waals surface area contributed by atoms with Gasteiger partial charge in [0.25, 0.3) is 5.56 Å². The molecule has 3 aromatic carbocycles. The number of hydrogen-bond donors (Lipinski definition) is 1. The number of ether oxygens (including phenoxy) is 1. The summed E-state index contributed by atoms with van der Waals surface area (Å²) >= 11 is 0. The molecule has 34 heavy (non-hydrogen) atoms. The number of nitrogens with two attached hydrogens (primary N) is 1. The molecule has 1 atom stereocenters. The maximum Gasteiger partial charge on any atom is 0.352 e. The van der Waals surface area contributed by atoms with E-state index in [1.54, 1.807) is 18.2 Å². The summed E-state index contributed by atoms with van der Waals surface area (Å²) in [5, 5.41) is 4.17. The summed E-state index contributed by atoms with van der Waals surface area (Å²) in [6.07, 6.45) is -0.442. The Morgan fingerprint density at radius 3 is 2.32 bits per heavy atom. The largest absolute Gasteiger partial charge is 0.497 e. The molecule has 2 N–H and O–H groups in total. The molecular weight excluding hydrogens is 442 g/mol. The van der Waals surface area contributed by atoms with Crippen LogP contribution in [0, 0.1) is 11.6 Å². The molecule has 9 heteroatoms. The van der Waals surface area contributed by atoms with Crippen molar-refractivity contribution in [3.05, 3.63) is 122 Å². The standard InChI is InChI=1S/C25H22F2N4O3/c1-34-18-10-5-9-17(13-18)31-24(32)23(14-19-20(26)11-6-12-21(19)27)29-30(25(31)33)15-22(28)16-7-3-2-4-8-16/h2-13,22H,14-15,28H2,1H3. The monoisotopic (exact) mass is 464 g/mol. The Bertz CT molecular complexity index is 1410. The summed E-state index contributed by atoms with van der Waals surface area (Å²) in [6.45, 7) is -0.0557. The number of methoxy groups -OCH3 is 1. The van der Waals surface area contributed by atoms with Gasteiger partial charge in [-0.3, -0.25) is 4.79 Å². The van der Waals surface area contributed by atoms with E-state index in [1.807, 2.05) is 30.3 Å². The Morgan fingerprint density at radius 2 is 1.65 bits per heavy atom. The second-order valence-electron chi connectivity index (χ2n) is 7.65. The lowest BCUT2D eigenvalue weighted by atomic mass is 10.1. The quantitative estimate of drug-likeness (QED) is 0.454. The molecular formula is C25H22F2N4O3. The topological polar surface area (TPSA) is 92.1 Å². The highest BCUT2D eigenvalue weighted by Crippen LogP contribution is 2.17. The second kappa shape index (κ2) is 9.80. The van der Waals surface area contributed by atoms with E-state index >= 15 is 0 Å². The predicted octanol–water partition coefficient (Wildman–Crippen LogP) is 2.97. The molecule has 0 radical (unpaired) electrons. The molecule has 0 saturated carbocycles. The summed E-state index contributed by atoms with van der Waals surface area (Å²) in [6, 6.07) is 18.3. The van der Waals surface area contributed by atoms with Gasteiger partial charge in [-0.1, -0.05) is 42.5 Å². The maximum absolute atomic E-state index is 14.3. The molecule has 0 fully saturated rings. The fourth-order valence-corrected chi connectivity index (χ4v) is 3.63. The van der Waals surface area contributed by atoms with Gasteiger partial charge in [0.1, 0.15) is 23.1 Å². The number of benzene rings is 3. The van der Waals surface area contributed by atoms with Crippen molar-refractivity contribution in [1.82, 2.24) is 14.3 Å². The molecule has 0 spiro atoms. The highest BCUT2D eigenvalue weighted by molar-refractivity contribution is 5.39. The van der Waals surface area contributed by atoms with Crippen LogP contribution < -0.4 is 21.7 Å². The van der Waals surface area contributed by atoms with Crippen LogP contribution in [0.15, 0.2) is 82.4 Å². The van der Waals surface area contributed by atoms with Crippen LogP contribution in [0.25, 0.3) is 5.69 Å². The Labute approximate surface area is 193 Å². The molecule has 0 aliphatic rings. The van der Waals surface area contributed by atoms with Crippen molar-refractivity contribution < 1.29 is 13.5 Å². The maximum atomic E-state index is 14.3. The molecule has 7 nitrogen and oxygen atoms in total. The number of halogens is 2. The van der Waals surface area contributed by atoms with Crippen LogP contribution in [0.5, 0.6) is 5.75 Å². The minimum absolute atomic E-state index is 0.0557. The van der Waals surface area contributed by atoms with Gasteiger partial charge in [-0.15, -0.1) is 0 Å². The molecule has 0 saturated heterocycles. The van der Waals surface area contributed by atoms with Crippen LogP contribution in [-0.4, -0.2) is 21.5 Å². The summed E-state index contributed by atoms with van der Waals surface area (Å²) in [7, 11) is 1.46. The molecule has 0 aliphatic heterocycles. The lowest BCUT2D eigenvalue weighted by Gasteiger charge is -2.16. The zero-order valence-electron chi connectivity index (χ0n) is 18.3. The SMILES string of the molecule is COc1cccc(-n2c(=O)c(Cc3c(F)cccc3F)nn(CC(N)c3ccccc3)c2=O)c1. The molecule has 1 unspecified atom stereocenters. The van der Waals surface area contributed by atoms with Gasteiger partial charge in [-0.05, 0) is 29.8 Å². The van der Waals surface area contributed by atoms with E-state index in [0.29, 0.717) is 5.75 Å². The summed E-state index contributed by atoms with van der Waals surface area (Å²) < 4.78 is 35.8. The Hall–Kier alpha value is -4.11. The predicted molar refractivity (Wildman–Crippen MR) is 123 cm³/mol. The van der Waals surface area contributed by atoms with Gasteiger partial charge in [0.2, 0.25) is 0 Å². The van der Waals surface area contributed by atoms with Crippen LogP contribution in [0.2, 0.25) is 0 Å². The van der Waals surface area contributed by atoms with E-state index in [2.05, 4.69) is 5.10 Å². The third-order valence-electron chi connectivity index (χ3n) is 5.42. The van der Waals surface area contributed by atoms with Gasteiger partial charge in [0, 0.05) is 24.1 Å². The number of aromatic nitrogens is 3. The number of hydrogen-bond acceptors (Lipinski definition) is 5. The first-order valence-corrected chi connectivity index (χ1v) is 10.5. The van der Waals surface area contributed by atoms with Crippen molar-refractivity contribution in [2.45, 2.75) is 19.0 Å².